The van der Waals surface area contributed by atoms with Crippen LogP contribution in [0.5, 0.6) is 11.5 Å². The minimum absolute atomic E-state index is 0.0250. The molecule has 5 nitrogen and oxygen atoms in total. The molecule has 2 aliphatic rings. The standard InChI is InChI=1S/C18H16F2N2O3/c1-11(17(23)22-9-8-12-4-2-3-5-14(12)22)21-13-6-7-15-16(10-13)25-18(19,20)24-15/h2-7,10-11,21H,8-9H2,1H3. The molecule has 0 fully saturated rings. The second-order valence-corrected chi connectivity index (χ2v) is 6.06. The van der Waals surface area contributed by atoms with Gasteiger partial charge in [0.05, 0.1) is 0 Å². The molecule has 1 atom stereocenters. The van der Waals surface area contributed by atoms with Crippen LogP contribution in [0.3, 0.4) is 0 Å². The zero-order chi connectivity index (χ0) is 17.6. The first kappa shape index (κ1) is 15.7. The van der Waals surface area contributed by atoms with E-state index in [9.17, 15) is 13.6 Å². The quantitative estimate of drug-likeness (QED) is 0.926. The number of hydrogen-bond donors (Lipinski definition) is 1. The number of rotatable bonds is 3. The fraction of sp³-hybridized carbons (Fsp3) is 0.278. The molecule has 1 unspecified atom stereocenters. The van der Waals surface area contributed by atoms with Crippen molar-refractivity contribution in [1.82, 2.24) is 0 Å². The third-order valence-electron chi connectivity index (χ3n) is 4.31. The zero-order valence-corrected chi connectivity index (χ0v) is 13.5. The average molecular weight is 346 g/mol. The molecule has 0 radical (unpaired) electrons. The van der Waals surface area contributed by atoms with Crippen LogP contribution in [0.4, 0.5) is 20.2 Å². The maximum atomic E-state index is 13.1. The minimum atomic E-state index is -3.65. The van der Waals surface area contributed by atoms with Crippen LogP contribution in [0.1, 0.15) is 12.5 Å². The number of para-hydroxylation sites is 1. The lowest BCUT2D eigenvalue weighted by molar-refractivity contribution is -0.286. The number of amides is 1. The molecular weight excluding hydrogens is 330 g/mol. The Bertz CT molecular complexity index is 841. The van der Waals surface area contributed by atoms with Crippen molar-refractivity contribution in [3.63, 3.8) is 0 Å². The molecule has 25 heavy (non-hydrogen) atoms. The van der Waals surface area contributed by atoms with E-state index in [4.69, 9.17) is 0 Å². The number of fused-ring (bicyclic) bond motifs is 2. The summed E-state index contributed by atoms with van der Waals surface area (Å²) in [5, 5.41) is 3.03. The highest BCUT2D eigenvalue weighted by Crippen LogP contribution is 2.42. The monoisotopic (exact) mass is 346 g/mol. The topological polar surface area (TPSA) is 50.8 Å². The number of carbonyl (C=O) groups excluding carboxylic acids is 1. The highest BCUT2D eigenvalue weighted by molar-refractivity contribution is 6.00. The van der Waals surface area contributed by atoms with Gasteiger partial charge in [0.1, 0.15) is 6.04 Å². The Balaban J connectivity index is 1.48. The summed E-state index contributed by atoms with van der Waals surface area (Å²) < 4.78 is 35.0. The van der Waals surface area contributed by atoms with Gasteiger partial charge in [0.25, 0.3) is 0 Å². The van der Waals surface area contributed by atoms with Crippen LogP contribution in [-0.2, 0) is 11.2 Å². The van der Waals surface area contributed by atoms with Gasteiger partial charge in [-0.1, -0.05) is 18.2 Å². The third kappa shape index (κ3) is 2.86. The van der Waals surface area contributed by atoms with Crippen molar-refractivity contribution in [2.24, 2.45) is 0 Å². The number of anilines is 2. The first-order chi connectivity index (χ1) is 11.9. The van der Waals surface area contributed by atoms with Gasteiger partial charge in [0.15, 0.2) is 11.5 Å². The smallest absolute Gasteiger partial charge is 0.395 e. The molecular formula is C18H16F2N2O3. The van der Waals surface area contributed by atoms with Gasteiger partial charge in [-0.05, 0) is 37.1 Å². The molecule has 2 aromatic rings. The Kier molecular flexibility index (Phi) is 3.52. The SMILES string of the molecule is CC(Nc1ccc2c(c1)OC(F)(F)O2)C(=O)N1CCc2ccccc21. The van der Waals surface area contributed by atoms with Crippen molar-refractivity contribution in [3.8, 4) is 11.5 Å². The highest BCUT2D eigenvalue weighted by Gasteiger charge is 2.43. The van der Waals surface area contributed by atoms with Crippen molar-refractivity contribution in [2.45, 2.75) is 25.7 Å². The van der Waals surface area contributed by atoms with Crippen LogP contribution in [0, 0.1) is 0 Å². The van der Waals surface area contributed by atoms with Gasteiger partial charge < -0.3 is 19.7 Å². The fourth-order valence-electron chi connectivity index (χ4n) is 3.15. The van der Waals surface area contributed by atoms with E-state index in [0.29, 0.717) is 12.2 Å². The van der Waals surface area contributed by atoms with E-state index in [1.807, 2.05) is 24.3 Å². The minimum Gasteiger partial charge on any atom is -0.395 e. The summed E-state index contributed by atoms with van der Waals surface area (Å²) in [6, 6.07) is 11.6. The van der Waals surface area contributed by atoms with E-state index >= 15 is 0 Å². The molecule has 0 aromatic heterocycles. The summed E-state index contributed by atoms with van der Waals surface area (Å²) >= 11 is 0. The van der Waals surface area contributed by atoms with Crippen LogP contribution in [0.25, 0.3) is 0 Å². The van der Waals surface area contributed by atoms with Crippen molar-refractivity contribution in [3.05, 3.63) is 48.0 Å². The summed E-state index contributed by atoms with van der Waals surface area (Å²) in [6.07, 6.45) is -2.82. The van der Waals surface area contributed by atoms with Gasteiger partial charge in [-0.3, -0.25) is 4.79 Å². The number of alkyl halides is 2. The molecule has 1 N–H and O–H groups in total. The molecule has 7 heteroatoms. The van der Waals surface area contributed by atoms with Crippen LogP contribution in [-0.4, -0.2) is 24.8 Å². The van der Waals surface area contributed by atoms with Crippen molar-refractivity contribution in [2.75, 3.05) is 16.8 Å². The molecule has 0 aliphatic carbocycles. The number of nitrogens with one attached hydrogen (secondary N) is 1. The molecule has 4 rings (SSSR count). The molecule has 2 aromatic carbocycles. The Labute approximate surface area is 143 Å². The lowest BCUT2D eigenvalue weighted by Crippen LogP contribution is -2.40. The Morgan fingerprint density at radius 3 is 2.80 bits per heavy atom. The fourth-order valence-corrected chi connectivity index (χ4v) is 3.15. The number of benzene rings is 2. The second-order valence-electron chi connectivity index (χ2n) is 6.06. The van der Waals surface area contributed by atoms with Gasteiger partial charge in [0.2, 0.25) is 5.91 Å². The number of halogens is 2. The lowest BCUT2D eigenvalue weighted by Gasteiger charge is -2.23. The molecule has 0 saturated carbocycles. The molecule has 1 amide bonds. The van der Waals surface area contributed by atoms with E-state index in [1.54, 1.807) is 17.9 Å². The Hall–Kier alpha value is -2.83. The van der Waals surface area contributed by atoms with E-state index < -0.39 is 12.3 Å². The summed E-state index contributed by atoms with van der Waals surface area (Å²) in [7, 11) is 0. The molecule has 0 saturated heterocycles. The maximum Gasteiger partial charge on any atom is 0.586 e. The summed E-state index contributed by atoms with van der Waals surface area (Å²) in [5.74, 6) is -0.155. The van der Waals surface area contributed by atoms with Crippen molar-refractivity contribution < 1.29 is 23.0 Å². The molecule has 2 aliphatic heterocycles. The van der Waals surface area contributed by atoms with Crippen LogP contribution >= 0.6 is 0 Å². The second kappa shape index (κ2) is 5.61. The normalized spacial score (nSPS) is 18.0. The van der Waals surface area contributed by atoms with Gasteiger partial charge in [-0.2, -0.15) is 0 Å². The molecule has 0 bridgehead atoms. The van der Waals surface area contributed by atoms with Crippen LogP contribution < -0.4 is 19.7 Å². The van der Waals surface area contributed by atoms with Gasteiger partial charge in [-0.25, -0.2) is 0 Å². The van der Waals surface area contributed by atoms with E-state index in [0.717, 1.165) is 17.7 Å². The molecule has 0 spiro atoms. The van der Waals surface area contributed by atoms with Gasteiger partial charge in [0, 0.05) is 24.0 Å². The molecule has 130 valence electrons. The maximum absolute atomic E-state index is 13.1. The summed E-state index contributed by atoms with van der Waals surface area (Å²) in [4.78, 5) is 14.5. The molecule has 2 heterocycles. The third-order valence-corrected chi connectivity index (χ3v) is 4.31. The van der Waals surface area contributed by atoms with E-state index in [1.165, 1.54) is 12.1 Å². The first-order valence-corrected chi connectivity index (χ1v) is 7.99. The number of hydrogen-bond acceptors (Lipinski definition) is 4. The highest BCUT2D eigenvalue weighted by atomic mass is 19.3. The number of nitrogens with zero attached hydrogens (tertiary/aromatic N) is 1. The van der Waals surface area contributed by atoms with Gasteiger partial charge >= 0.3 is 6.29 Å². The summed E-state index contributed by atoms with van der Waals surface area (Å²) in [6.45, 7) is 2.38. The van der Waals surface area contributed by atoms with E-state index in [2.05, 4.69) is 14.8 Å². The number of carbonyl (C=O) groups is 1. The van der Waals surface area contributed by atoms with Crippen molar-refractivity contribution in [1.29, 1.82) is 0 Å². The Morgan fingerprint density at radius 1 is 1.20 bits per heavy atom. The van der Waals surface area contributed by atoms with Crippen LogP contribution in [0.2, 0.25) is 0 Å². The van der Waals surface area contributed by atoms with Crippen LogP contribution in [0.15, 0.2) is 42.5 Å². The Morgan fingerprint density at radius 2 is 1.96 bits per heavy atom. The number of ether oxygens (including phenoxy) is 2. The zero-order valence-electron chi connectivity index (χ0n) is 13.5. The van der Waals surface area contributed by atoms with Crippen molar-refractivity contribution >= 4 is 17.3 Å². The lowest BCUT2D eigenvalue weighted by atomic mass is 10.2. The largest absolute Gasteiger partial charge is 0.586 e. The first-order valence-electron chi connectivity index (χ1n) is 7.99. The van der Waals surface area contributed by atoms with E-state index in [-0.39, 0.29) is 17.4 Å². The summed E-state index contributed by atoms with van der Waals surface area (Å²) in [5.41, 5.74) is 2.58. The average Bonchev–Trinajstić information content (AvgIpc) is 3.12. The van der Waals surface area contributed by atoms with Gasteiger partial charge in [-0.15, -0.1) is 8.78 Å². The predicted molar refractivity (Wildman–Crippen MR) is 88.2 cm³/mol. The predicted octanol–water partition coefficient (Wildman–Crippen LogP) is 3.40.